The maximum absolute atomic E-state index is 6.20. The lowest BCUT2D eigenvalue weighted by Gasteiger charge is -2.30. The van der Waals surface area contributed by atoms with Crippen LogP contribution in [0.5, 0.6) is 0 Å². The van der Waals surface area contributed by atoms with Crippen molar-refractivity contribution in [1.82, 2.24) is 0 Å². The highest BCUT2D eigenvalue weighted by molar-refractivity contribution is 7.26. The third kappa shape index (κ3) is 4.69. The number of para-hydroxylation sites is 2. The molecule has 0 N–H and O–H groups in total. The number of furan rings is 1. The van der Waals surface area contributed by atoms with Crippen molar-refractivity contribution in [3.05, 3.63) is 175 Å². The van der Waals surface area contributed by atoms with E-state index in [-0.39, 0.29) is 0 Å². The molecule has 0 atom stereocenters. The molecule has 10 rings (SSSR count). The summed E-state index contributed by atoms with van der Waals surface area (Å²) in [5, 5.41) is 7.51. The van der Waals surface area contributed by atoms with Gasteiger partial charge in [-0.2, -0.15) is 0 Å². The van der Waals surface area contributed by atoms with Crippen LogP contribution in [0.15, 0.2) is 174 Å². The molecular weight excluding hydrogens is 615 g/mol. The molecule has 49 heavy (non-hydrogen) atoms. The average molecular weight is 646 g/mol. The van der Waals surface area contributed by atoms with Gasteiger partial charge in [0, 0.05) is 48.0 Å². The fourth-order valence-electron chi connectivity index (χ4n) is 7.62. The van der Waals surface area contributed by atoms with Crippen LogP contribution in [0.2, 0.25) is 0 Å². The zero-order valence-corrected chi connectivity index (χ0v) is 27.6. The van der Waals surface area contributed by atoms with Crippen molar-refractivity contribution in [1.29, 1.82) is 0 Å². The van der Waals surface area contributed by atoms with Gasteiger partial charge in [-0.3, -0.25) is 0 Å². The number of rotatable bonds is 5. The van der Waals surface area contributed by atoms with Crippen LogP contribution < -0.4 is 4.90 Å². The molecule has 0 aliphatic heterocycles. The number of anilines is 2. The van der Waals surface area contributed by atoms with Gasteiger partial charge in [-0.05, 0) is 100 Å². The van der Waals surface area contributed by atoms with E-state index in [1.54, 1.807) is 0 Å². The fourth-order valence-corrected chi connectivity index (χ4v) is 8.86. The Morgan fingerprint density at radius 3 is 2.10 bits per heavy atom. The summed E-state index contributed by atoms with van der Waals surface area (Å²) in [5.41, 5.74) is 10.7. The van der Waals surface area contributed by atoms with E-state index in [2.05, 4.69) is 163 Å². The van der Waals surface area contributed by atoms with E-state index in [4.69, 9.17) is 4.42 Å². The number of benzene rings is 7. The third-order valence-electron chi connectivity index (χ3n) is 10.0. The summed E-state index contributed by atoms with van der Waals surface area (Å²) in [6.45, 7) is 0. The Morgan fingerprint density at radius 2 is 1.24 bits per heavy atom. The van der Waals surface area contributed by atoms with Crippen LogP contribution in [0.4, 0.5) is 11.4 Å². The first kappa shape index (κ1) is 28.1. The Kier molecular flexibility index (Phi) is 6.53. The average Bonchev–Trinajstić information content (AvgIpc) is 3.75. The molecule has 3 heteroatoms. The molecule has 0 bridgehead atoms. The fraction of sp³-hybridized carbons (Fsp3) is 0.0435. The Morgan fingerprint density at radius 1 is 0.510 bits per heavy atom. The molecule has 7 aromatic carbocycles. The second kappa shape index (κ2) is 11.4. The Hall–Kier alpha value is -5.90. The van der Waals surface area contributed by atoms with Gasteiger partial charge in [-0.15, -0.1) is 11.3 Å². The molecular formula is C46H31NOS. The van der Waals surface area contributed by atoms with Crippen LogP contribution in [0.25, 0.3) is 69.6 Å². The van der Waals surface area contributed by atoms with Crippen molar-refractivity contribution >= 4 is 81.2 Å². The largest absolute Gasteiger partial charge is 0.456 e. The summed E-state index contributed by atoms with van der Waals surface area (Å²) in [4.78, 5) is 2.42. The highest BCUT2D eigenvalue weighted by Gasteiger charge is 2.19. The lowest BCUT2D eigenvalue weighted by molar-refractivity contribution is 0.669. The van der Waals surface area contributed by atoms with E-state index in [0.717, 1.165) is 24.0 Å². The van der Waals surface area contributed by atoms with Crippen molar-refractivity contribution in [2.75, 3.05) is 4.90 Å². The van der Waals surface area contributed by atoms with Crippen molar-refractivity contribution in [3.8, 4) is 11.1 Å². The molecule has 0 spiro atoms. The lowest BCUT2D eigenvalue weighted by atomic mass is 9.92. The summed E-state index contributed by atoms with van der Waals surface area (Å²) < 4.78 is 8.89. The highest BCUT2D eigenvalue weighted by Crippen LogP contribution is 2.42. The summed E-state index contributed by atoms with van der Waals surface area (Å²) in [6, 6.07) is 54.8. The molecule has 0 unspecified atom stereocenters. The molecule has 2 aromatic heterocycles. The second-order valence-electron chi connectivity index (χ2n) is 12.8. The van der Waals surface area contributed by atoms with Gasteiger partial charge in [0.25, 0.3) is 0 Å². The number of hydrogen-bond acceptors (Lipinski definition) is 3. The molecule has 2 heterocycles. The summed E-state index contributed by atoms with van der Waals surface area (Å²) in [6.07, 6.45) is 6.55. The van der Waals surface area contributed by atoms with Gasteiger partial charge in [0.05, 0.1) is 0 Å². The molecule has 1 aliphatic rings. The van der Waals surface area contributed by atoms with Crippen LogP contribution >= 0.6 is 11.3 Å². The zero-order chi connectivity index (χ0) is 32.3. The number of nitrogens with zero attached hydrogens (tertiary/aromatic N) is 1. The topological polar surface area (TPSA) is 16.4 Å². The van der Waals surface area contributed by atoms with E-state index in [0.29, 0.717) is 0 Å². The van der Waals surface area contributed by atoms with Gasteiger partial charge in [0.2, 0.25) is 0 Å². The first-order chi connectivity index (χ1) is 24.3. The van der Waals surface area contributed by atoms with Crippen LogP contribution in [-0.2, 0) is 0 Å². The Bertz CT molecular complexity index is 2760. The van der Waals surface area contributed by atoms with Crippen molar-refractivity contribution in [3.63, 3.8) is 0 Å². The first-order valence-electron chi connectivity index (χ1n) is 16.9. The molecule has 232 valence electrons. The smallest absolute Gasteiger partial charge is 0.136 e. The molecule has 0 radical (unpaired) electrons. The van der Waals surface area contributed by atoms with E-state index >= 15 is 0 Å². The van der Waals surface area contributed by atoms with Gasteiger partial charge in [-0.1, -0.05) is 109 Å². The molecule has 1 aliphatic carbocycles. The minimum absolute atomic E-state index is 0.936. The van der Waals surface area contributed by atoms with E-state index in [1.165, 1.54) is 81.1 Å². The molecule has 0 fully saturated rings. The molecule has 0 amide bonds. The Labute approximate surface area is 288 Å². The van der Waals surface area contributed by atoms with Gasteiger partial charge in [0.1, 0.15) is 11.2 Å². The molecule has 0 saturated heterocycles. The highest BCUT2D eigenvalue weighted by atomic mass is 32.1. The van der Waals surface area contributed by atoms with Crippen LogP contribution in [-0.4, -0.2) is 0 Å². The number of thiophene rings is 1. The monoisotopic (exact) mass is 645 g/mol. The van der Waals surface area contributed by atoms with Crippen LogP contribution in [0, 0.1) is 0 Å². The first-order valence-corrected chi connectivity index (χ1v) is 17.7. The van der Waals surface area contributed by atoms with Gasteiger partial charge >= 0.3 is 0 Å². The normalized spacial score (nSPS) is 13.4. The zero-order valence-electron chi connectivity index (χ0n) is 26.8. The molecule has 2 nitrogen and oxygen atoms in total. The maximum atomic E-state index is 6.20. The van der Waals surface area contributed by atoms with Gasteiger partial charge in [0.15, 0.2) is 0 Å². The second-order valence-corrected chi connectivity index (χ2v) is 13.9. The maximum Gasteiger partial charge on any atom is 0.136 e. The lowest BCUT2D eigenvalue weighted by Crippen LogP contribution is -2.17. The minimum Gasteiger partial charge on any atom is -0.456 e. The molecule has 0 saturated carbocycles. The minimum atomic E-state index is 0.936. The predicted molar refractivity (Wildman–Crippen MR) is 210 cm³/mol. The summed E-state index contributed by atoms with van der Waals surface area (Å²) in [5.74, 6) is 0. The van der Waals surface area contributed by atoms with Crippen LogP contribution in [0.3, 0.4) is 0 Å². The number of hydrogen-bond donors (Lipinski definition) is 0. The summed E-state index contributed by atoms with van der Waals surface area (Å²) >= 11 is 1.88. The predicted octanol–water partition coefficient (Wildman–Crippen LogP) is 13.7. The Balaban J connectivity index is 1.02. The van der Waals surface area contributed by atoms with E-state index < -0.39 is 0 Å². The summed E-state index contributed by atoms with van der Waals surface area (Å²) in [7, 11) is 0. The van der Waals surface area contributed by atoms with E-state index in [1.807, 2.05) is 17.4 Å². The SMILES string of the molecule is C1=C(c2ccc3ccc4oc5ccccc5c4c3c2)CCC(N(c2ccccc2)c2ccc(-c3cccc4c3sc3ccccc34)cc2)=C1. The van der Waals surface area contributed by atoms with E-state index in [9.17, 15) is 0 Å². The van der Waals surface area contributed by atoms with Crippen molar-refractivity contribution in [2.24, 2.45) is 0 Å². The van der Waals surface area contributed by atoms with Gasteiger partial charge < -0.3 is 9.32 Å². The van der Waals surface area contributed by atoms with Crippen LogP contribution in [0.1, 0.15) is 18.4 Å². The van der Waals surface area contributed by atoms with Crippen molar-refractivity contribution in [2.45, 2.75) is 12.8 Å². The molecule has 9 aromatic rings. The third-order valence-corrected chi connectivity index (χ3v) is 11.2. The van der Waals surface area contributed by atoms with Gasteiger partial charge in [-0.25, -0.2) is 0 Å². The van der Waals surface area contributed by atoms with Crippen molar-refractivity contribution < 1.29 is 4.42 Å². The quantitative estimate of drug-likeness (QED) is 0.185. The standard InChI is InChI=1S/C46H31NOS/c1-2-9-34(10-3-1)47(36-26-21-31(22-27-36)37-13-8-14-39-38-11-5-7-16-44(38)49-46(37)39)35-24-19-30(20-25-35)33-18-17-32-23-28-43-45(41(32)29-33)40-12-4-6-15-42(40)48-43/h1-19,21-24,26-29H,20,25H2. The number of fused-ring (bicyclic) bond motifs is 8. The number of allylic oxidation sites excluding steroid dienone is 4.